The molecule has 1 aliphatic heterocycles. The standard InChI is InChI=1S/C41H41N7O4/c1-24-6-3-4-7-33(24)34-8-5-11-41(25(34)2,47-38-36-28(9-12-43-38)15-27(21-45-36)22-48-13-10-32(49)23-48)40-46-35-16-26(14-30(19-42)37(35)52-40)20-44-31-17-29(18-31)39(50)51/h3-9,11-12,14-16,21,25,29,31-32,44,49H,10,13,17-18,20,22-23H2,1-2H3,(H,43,47)(H,50,51)/t25?,29-,31+,32-,41?/m1/s1. The van der Waals surface area contributed by atoms with E-state index in [0.717, 1.165) is 46.2 Å². The molecule has 4 heterocycles. The third kappa shape index (κ3) is 6.23. The van der Waals surface area contributed by atoms with Crippen LogP contribution in [0.4, 0.5) is 5.82 Å². The Kier molecular flexibility index (Phi) is 8.83. The number of β-amino-alcohol motifs (C(OH)–C–C–N with tert-alkyl or cyclic N) is 1. The highest BCUT2D eigenvalue weighted by Gasteiger charge is 2.45. The molecule has 3 aliphatic rings. The van der Waals surface area contributed by atoms with Gasteiger partial charge in [0.05, 0.1) is 17.6 Å². The zero-order valence-corrected chi connectivity index (χ0v) is 29.2. The number of carboxylic acid groups (broad SMARTS) is 1. The molecule has 0 radical (unpaired) electrons. The van der Waals surface area contributed by atoms with Crippen LogP contribution in [0.3, 0.4) is 0 Å². The Morgan fingerprint density at radius 3 is 2.77 bits per heavy atom. The lowest BCUT2D eigenvalue weighted by Gasteiger charge is -2.39. The Balaban J connectivity index is 1.17. The van der Waals surface area contributed by atoms with Gasteiger partial charge in [0.15, 0.2) is 11.4 Å². The third-order valence-corrected chi connectivity index (χ3v) is 11.0. The number of nitrogens with one attached hydrogen (secondary N) is 2. The van der Waals surface area contributed by atoms with Crippen molar-refractivity contribution in [2.45, 2.75) is 63.9 Å². The predicted molar refractivity (Wildman–Crippen MR) is 198 cm³/mol. The van der Waals surface area contributed by atoms with Crippen LogP contribution < -0.4 is 10.6 Å². The van der Waals surface area contributed by atoms with Gasteiger partial charge in [-0.3, -0.25) is 14.7 Å². The van der Waals surface area contributed by atoms with Gasteiger partial charge in [0.2, 0.25) is 5.89 Å². The molecule has 264 valence electrons. The van der Waals surface area contributed by atoms with E-state index in [1.807, 2.05) is 42.6 Å². The van der Waals surface area contributed by atoms with Gasteiger partial charge in [-0.25, -0.2) is 9.97 Å². The highest BCUT2D eigenvalue weighted by atomic mass is 16.4. The first-order chi connectivity index (χ1) is 25.2. The summed E-state index contributed by atoms with van der Waals surface area (Å²) in [6.07, 6.45) is 11.5. The Hall–Kier alpha value is -5.41. The summed E-state index contributed by atoms with van der Waals surface area (Å²) in [7, 11) is 0. The van der Waals surface area contributed by atoms with Crippen molar-refractivity contribution in [2.75, 3.05) is 18.4 Å². The summed E-state index contributed by atoms with van der Waals surface area (Å²) in [5, 5.41) is 37.7. The van der Waals surface area contributed by atoms with Gasteiger partial charge in [-0.1, -0.05) is 43.3 Å². The molecule has 2 unspecified atom stereocenters. The number of aliphatic hydroxyl groups excluding tert-OH is 1. The molecule has 5 aromatic rings. The molecule has 0 bridgehead atoms. The molecule has 8 rings (SSSR count). The van der Waals surface area contributed by atoms with Crippen LogP contribution in [0.2, 0.25) is 0 Å². The first kappa shape index (κ1) is 33.7. The maximum Gasteiger partial charge on any atom is 0.306 e. The number of benzene rings is 2. The van der Waals surface area contributed by atoms with Crippen molar-refractivity contribution >= 4 is 39.4 Å². The van der Waals surface area contributed by atoms with Gasteiger partial charge in [-0.2, -0.15) is 5.26 Å². The number of aliphatic carboxylic acids is 1. The van der Waals surface area contributed by atoms with Gasteiger partial charge in [0.25, 0.3) is 0 Å². The summed E-state index contributed by atoms with van der Waals surface area (Å²) in [4.78, 5) is 28.3. The lowest BCUT2D eigenvalue weighted by Crippen LogP contribution is -2.43. The van der Waals surface area contributed by atoms with Crippen molar-refractivity contribution in [3.63, 3.8) is 0 Å². The number of aromatic nitrogens is 3. The monoisotopic (exact) mass is 695 g/mol. The fraction of sp³-hybridized carbons (Fsp3) is 0.341. The van der Waals surface area contributed by atoms with E-state index in [0.29, 0.717) is 66.4 Å². The van der Waals surface area contributed by atoms with Crippen LogP contribution in [0.1, 0.15) is 59.9 Å². The van der Waals surface area contributed by atoms with Crippen molar-refractivity contribution in [1.82, 2.24) is 25.2 Å². The van der Waals surface area contributed by atoms with Crippen LogP contribution >= 0.6 is 0 Å². The molecule has 2 aromatic carbocycles. The highest BCUT2D eigenvalue weighted by Crippen LogP contribution is 2.46. The minimum atomic E-state index is -1.01. The Morgan fingerprint density at radius 2 is 2.00 bits per heavy atom. The molecule has 0 spiro atoms. The number of anilines is 1. The van der Waals surface area contributed by atoms with E-state index < -0.39 is 11.5 Å². The number of aliphatic hydroxyl groups is 1. The second kappa shape index (κ2) is 13.6. The molecule has 3 aromatic heterocycles. The first-order valence-corrected chi connectivity index (χ1v) is 17.9. The van der Waals surface area contributed by atoms with Gasteiger partial charge in [0, 0.05) is 55.9 Å². The second-order valence-electron chi connectivity index (χ2n) is 14.5. The molecule has 1 saturated heterocycles. The lowest BCUT2D eigenvalue weighted by molar-refractivity contribution is -0.145. The summed E-state index contributed by atoms with van der Waals surface area (Å²) in [6, 6.07) is 18.6. The minimum Gasteiger partial charge on any atom is -0.481 e. The first-order valence-electron chi connectivity index (χ1n) is 17.9. The number of aryl methyl sites for hydroxylation is 1. The number of hydrogen-bond acceptors (Lipinski definition) is 10. The molecular weight excluding hydrogens is 654 g/mol. The number of nitriles is 1. The summed E-state index contributed by atoms with van der Waals surface area (Å²) in [5.74, 6) is -0.279. The maximum absolute atomic E-state index is 11.3. The Labute approximate surface area is 301 Å². The topological polar surface area (TPSA) is 160 Å². The molecule has 52 heavy (non-hydrogen) atoms. The van der Waals surface area contributed by atoms with E-state index in [-0.39, 0.29) is 24.0 Å². The van der Waals surface area contributed by atoms with Gasteiger partial charge in [0.1, 0.15) is 22.6 Å². The number of allylic oxidation sites excluding steroid dienone is 2. The number of rotatable bonds is 10. The van der Waals surface area contributed by atoms with E-state index in [1.165, 1.54) is 0 Å². The number of pyridine rings is 2. The summed E-state index contributed by atoms with van der Waals surface area (Å²) < 4.78 is 6.62. The number of fused-ring (bicyclic) bond motifs is 2. The van der Waals surface area contributed by atoms with Gasteiger partial charge in [-0.15, -0.1) is 0 Å². The highest BCUT2D eigenvalue weighted by molar-refractivity contribution is 5.89. The van der Waals surface area contributed by atoms with Crippen molar-refractivity contribution in [2.24, 2.45) is 11.8 Å². The van der Waals surface area contributed by atoms with Gasteiger partial charge in [-0.05, 0) is 84.4 Å². The second-order valence-corrected chi connectivity index (χ2v) is 14.5. The molecule has 2 aliphatic carbocycles. The van der Waals surface area contributed by atoms with E-state index in [1.54, 1.807) is 6.20 Å². The molecule has 4 N–H and O–H groups in total. The average Bonchev–Trinajstić information content (AvgIpc) is 3.74. The third-order valence-electron chi connectivity index (χ3n) is 11.0. The van der Waals surface area contributed by atoms with Crippen molar-refractivity contribution < 1.29 is 19.4 Å². The zero-order chi connectivity index (χ0) is 36.0. The minimum absolute atomic E-state index is 0.119. The quantitative estimate of drug-likeness (QED) is 0.134. The van der Waals surface area contributed by atoms with Crippen LogP contribution in [-0.4, -0.2) is 61.3 Å². The van der Waals surface area contributed by atoms with Crippen LogP contribution in [-0.2, 0) is 23.4 Å². The van der Waals surface area contributed by atoms with E-state index in [4.69, 9.17) is 19.4 Å². The maximum atomic E-state index is 11.3. The number of carboxylic acids is 1. The number of nitrogens with zero attached hydrogens (tertiary/aromatic N) is 5. The Morgan fingerprint density at radius 1 is 1.15 bits per heavy atom. The smallest absolute Gasteiger partial charge is 0.306 e. The number of carbonyl (C=O) groups is 1. The molecule has 11 heteroatoms. The molecular formula is C41H41N7O4. The van der Waals surface area contributed by atoms with Crippen LogP contribution in [0, 0.1) is 30.1 Å². The summed E-state index contributed by atoms with van der Waals surface area (Å²) >= 11 is 0. The van der Waals surface area contributed by atoms with Crippen molar-refractivity contribution in [1.29, 1.82) is 5.26 Å². The van der Waals surface area contributed by atoms with Crippen LogP contribution in [0.5, 0.6) is 0 Å². The summed E-state index contributed by atoms with van der Waals surface area (Å²) in [6.45, 7) is 6.96. The lowest BCUT2D eigenvalue weighted by atomic mass is 9.73. The molecule has 0 amide bonds. The van der Waals surface area contributed by atoms with Crippen LogP contribution in [0.15, 0.2) is 83.6 Å². The molecule has 2 fully saturated rings. The zero-order valence-electron chi connectivity index (χ0n) is 29.2. The molecule has 3 atom stereocenters. The fourth-order valence-corrected chi connectivity index (χ4v) is 7.91. The fourth-order valence-electron chi connectivity index (χ4n) is 7.91. The van der Waals surface area contributed by atoms with Crippen molar-refractivity contribution in [3.05, 3.63) is 113 Å². The number of likely N-dealkylation sites (tertiary alicyclic amines) is 1. The SMILES string of the molecule is Cc1ccccc1C1=CC=CC(Nc2nccc3cc(CN4CC[C@@H](O)C4)cnc23)(c2nc3cc(CN[C@H]4C[C@@H](C(=O)O)C4)cc(C#N)c3o2)C1C. The normalized spacial score (nSPS) is 24.5. The van der Waals surface area contributed by atoms with E-state index >= 15 is 0 Å². The number of oxazole rings is 1. The predicted octanol–water partition coefficient (Wildman–Crippen LogP) is 6.07. The van der Waals surface area contributed by atoms with E-state index in [9.17, 15) is 20.3 Å². The van der Waals surface area contributed by atoms with E-state index in [2.05, 4.69) is 65.8 Å². The van der Waals surface area contributed by atoms with Crippen LogP contribution in [0.25, 0.3) is 27.6 Å². The number of hydrogen-bond donors (Lipinski definition) is 4. The largest absolute Gasteiger partial charge is 0.481 e. The Bertz CT molecular complexity index is 2280. The summed E-state index contributed by atoms with van der Waals surface area (Å²) in [5.41, 5.74) is 6.36. The molecule has 11 nitrogen and oxygen atoms in total. The van der Waals surface area contributed by atoms with Gasteiger partial charge < -0.3 is 25.3 Å². The van der Waals surface area contributed by atoms with Crippen molar-refractivity contribution in [3.8, 4) is 6.07 Å². The van der Waals surface area contributed by atoms with Gasteiger partial charge >= 0.3 is 5.97 Å². The molecule has 1 saturated carbocycles. The average molecular weight is 696 g/mol.